The summed E-state index contributed by atoms with van der Waals surface area (Å²) in [5.41, 5.74) is 2.53. The SMILES string of the molecule is CCNC(=NCC(C)c1ccsc1)NC1CCN(Cc2ccccn2)CC1.I. The predicted octanol–water partition coefficient (Wildman–Crippen LogP) is 4.08. The average molecular weight is 513 g/mol. The molecule has 3 rings (SSSR count). The summed E-state index contributed by atoms with van der Waals surface area (Å²) >= 11 is 1.75. The molecule has 0 radical (unpaired) electrons. The Balaban J connectivity index is 0.00000280. The molecule has 0 aliphatic carbocycles. The van der Waals surface area contributed by atoms with Gasteiger partial charge in [-0.15, -0.1) is 24.0 Å². The third kappa shape index (κ3) is 7.33. The van der Waals surface area contributed by atoms with E-state index in [0.29, 0.717) is 12.0 Å². The molecule has 0 bridgehead atoms. The van der Waals surface area contributed by atoms with Crippen LogP contribution in [-0.2, 0) is 6.54 Å². The van der Waals surface area contributed by atoms with Gasteiger partial charge in [0.2, 0.25) is 0 Å². The lowest BCUT2D eigenvalue weighted by Crippen LogP contribution is -2.48. The molecule has 0 aromatic carbocycles. The van der Waals surface area contributed by atoms with Gasteiger partial charge in [0, 0.05) is 50.9 Å². The van der Waals surface area contributed by atoms with Crippen molar-refractivity contribution in [2.45, 2.75) is 45.2 Å². The zero-order chi connectivity index (χ0) is 18.9. The largest absolute Gasteiger partial charge is 0.357 e. The molecule has 5 nitrogen and oxygen atoms in total. The Kier molecular flexibility index (Phi) is 10.2. The summed E-state index contributed by atoms with van der Waals surface area (Å²) < 4.78 is 0. The van der Waals surface area contributed by atoms with Crippen LogP contribution in [0, 0.1) is 0 Å². The van der Waals surface area contributed by atoms with Gasteiger partial charge in [-0.3, -0.25) is 14.9 Å². The Hall–Kier alpha value is -1.19. The monoisotopic (exact) mass is 513 g/mol. The molecule has 1 aliphatic heterocycles. The van der Waals surface area contributed by atoms with Gasteiger partial charge >= 0.3 is 0 Å². The van der Waals surface area contributed by atoms with Gasteiger partial charge in [0.1, 0.15) is 0 Å². The third-order valence-electron chi connectivity index (χ3n) is 5.02. The maximum absolute atomic E-state index is 4.83. The lowest BCUT2D eigenvalue weighted by atomic mass is 10.0. The average Bonchev–Trinajstić information content (AvgIpc) is 3.23. The first-order valence-corrected chi connectivity index (χ1v) is 10.9. The van der Waals surface area contributed by atoms with Crippen molar-refractivity contribution in [2.24, 2.45) is 4.99 Å². The van der Waals surface area contributed by atoms with Crippen molar-refractivity contribution in [3.8, 4) is 0 Å². The van der Waals surface area contributed by atoms with Crippen LogP contribution in [0.5, 0.6) is 0 Å². The molecule has 1 aliphatic rings. The van der Waals surface area contributed by atoms with Crippen molar-refractivity contribution in [3.05, 3.63) is 52.5 Å². The molecular formula is C21H32IN5S. The van der Waals surface area contributed by atoms with Gasteiger partial charge in [-0.05, 0) is 54.3 Å². The Morgan fingerprint density at radius 1 is 1.32 bits per heavy atom. The molecule has 2 N–H and O–H groups in total. The van der Waals surface area contributed by atoms with Crippen LogP contribution in [0.3, 0.4) is 0 Å². The van der Waals surface area contributed by atoms with Crippen LogP contribution in [0.25, 0.3) is 0 Å². The number of thiophene rings is 1. The lowest BCUT2D eigenvalue weighted by Gasteiger charge is -2.33. The molecule has 0 saturated carbocycles. The predicted molar refractivity (Wildman–Crippen MR) is 130 cm³/mol. The summed E-state index contributed by atoms with van der Waals surface area (Å²) in [4.78, 5) is 11.8. The topological polar surface area (TPSA) is 52.6 Å². The van der Waals surface area contributed by atoms with E-state index in [4.69, 9.17) is 4.99 Å². The number of rotatable bonds is 7. The summed E-state index contributed by atoms with van der Waals surface area (Å²) in [6, 6.07) is 8.82. The van der Waals surface area contributed by atoms with Crippen LogP contribution >= 0.6 is 35.3 Å². The fourth-order valence-corrected chi connectivity index (χ4v) is 4.14. The summed E-state index contributed by atoms with van der Waals surface area (Å²) in [6.45, 7) is 9.19. The second kappa shape index (κ2) is 12.4. The van der Waals surface area contributed by atoms with Crippen LogP contribution in [0.1, 0.15) is 43.9 Å². The van der Waals surface area contributed by atoms with Crippen LogP contribution < -0.4 is 10.6 Å². The fourth-order valence-electron chi connectivity index (χ4n) is 3.36. The number of nitrogens with one attached hydrogen (secondary N) is 2. The number of nitrogens with zero attached hydrogens (tertiary/aromatic N) is 3. The highest BCUT2D eigenvalue weighted by Gasteiger charge is 2.20. The van der Waals surface area contributed by atoms with Crippen molar-refractivity contribution in [3.63, 3.8) is 0 Å². The summed E-state index contributed by atoms with van der Waals surface area (Å²) in [6.07, 6.45) is 4.15. The first-order chi connectivity index (χ1) is 13.2. The molecule has 0 amide bonds. The fraction of sp³-hybridized carbons (Fsp3) is 0.524. The van der Waals surface area contributed by atoms with Gasteiger partial charge in [0.15, 0.2) is 5.96 Å². The minimum absolute atomic E-state index is 0. The van der Waals surface area contributed by atoms with Crippen molar-refractivity contribution in [2.75, 3.05) is 26.2 Å². The van der Waals surface area contributed by atoms with Gasteiger partial charge in [0.05, 0.1) is 5.69 Å². The highest BCUT2D eigenvalue weighted by molar-refractivity contribution is 14.0. The molecule has 154 valence electrons. The minimum Gasteiger partial charge on any atom is -0.357 e. The van der Waals surface area contributed by atoms with Crippen LogP contribution in [0.4, 0.5) is 0 Å². The second-order valence-electron chi connectivity index (χ2n) is 7.19. The number of pyridine rings is 1. The number of aliphatic imine (C=N–C) groups is 1. The number of guanidine groups is 1. The summed E-state index contributed by atoms with van der Waals surface area (Å²) in [5, 5.41) is 11.4. The number of piperidine rings is 1. The van der Waals surface area contributed by atoms with E-state index < -0.39 is 0 Å². The Labute approximate surface area is 190 Å². The minimum atomic E-state index is 0. The standard InChI is InChI=1S/C21H31N5S.HI/c1-3-22-21(24-14-17(2)18-9-13-27-16-18)25-19-7-11-26(12-8-19)15-20-6-4-5-10-23-20;/h4-6,9-10,13,16-17,19H,3,7-8,11-12,14-15H2,1-2H3,(H2,22,24,25);1H. The zero-order valence-corrected chi connectivity index (χ0v) is 20.0. The Morgan fingerprint density at radius 3 is 2.79 bits per heavy atom. The third-order valence-corrected chi connectivity index (χ3v) is 5.72. The number of hydrogen-bond donors (Lipinski definition) is 2. The maximum atomic E-state index is 4.83. The highest BCUT2D eigenvalue weighted by atomic mass is 127. The van der Waals surface area contributed by atoms with E-state index in [-0.39, 0.29) is 24.0 Å². The van der Waals surface area contributed by atoms with Crippen LogP contribution in [-0.4, -0.2) is 48.1 Å². The van der Waals surface area contributed by atoms with E-state index in [2.05, 4.69) is 63.3 Å². The Morgan fingerprint density at radius 2 is 2.14 bits per heavy atom. The zero-order valence-electron chi connectivity index (χ0n) is 16.8. The Bertz CT molecular complexity index is 684. The quantitative estimate of drug-likeness (QED) is 0.333. The highest BCUT2D eigenvalue weighted by Crippen LogP contribution is 2.18. The number of aromatic nitrogens is 1. The van der Waals surface area contributed by atoms with Gasteiger partial charge in [-0.1, -0.05) is 13.0 Å². The molecule has 1 atom stereocenters. The van der Waals surface area contributed by atoms with E-state index >= 15 is 0 Å². The van der Waals surface area contributed by atoms with Crippen molar-refractivity contribution in [1.82, 2.24) is 20.5 Å². The smallest absolute Gasteiger partial charge is 0.191 e. The number of likely N-dealkylation sites (tertiary alicyclic amines) is 1. The second-order valence-corrected chi connectivity index (χ2v) is 7.97. The van der Waals surface area contributed by atoms with Gasteiger partial charge in [-0.25, -0.2) is 0 Å². The van der Waals surface area contributed by atoms with Gasteiger partial charge in [0.25, 0.3) is 0 Å². The van der Waals surface area contributed by atoms with Crippen molar-refractivity contribution in [1.29, 1.82) is 0 Å². The van der Waals surface area contributed by atoms with E-state index in [0.717, 1.165) is 57.2 Å². The molecule has 3 heterocycles. The van der Waals surface area contributed by atoms with Crippen molar-refractivity contribution >= 4 is 41.3 Å². The normalized spacial score (nSPS) is 17.0. The van der Waals surface area contributed by atoms with Crippen LogP contribution in [0.15, 0.2) is 46.2 Å². The summed E-state index contributed by atoms with van der Waals surface area (Å²) in [7, 11) is 0. The molecule has 7 heteroatoms. The molecule has 2 aromatic heterocycles. The van der Waals surface area contributed by atoms with Crippen LogP contribution in [0.2, 0.25) is 0 Å². The molecular weight excluding hydrogens is 481 g/mol. The molecule has 2 aromatic rings. The molecule has 1 fully saturated rings. The van der Waals surface area contributed by atoms with E-state index in [1.807, 2.05) is 12.3 Å². The van der Waals surface area contributed by atoms with Crippen molar-refractivity contribution < 1.29 is 0 Å². The first kappa shape index (κ1) is 23.1. The van der Waals surface area contributed by atoms with E-state index in [1.54, 1.807) is 11.3 Å². The lowest BCUT2D eigenvalue weighted by molar-refractivity contribution is 0.196. The number of halogens is 1. The van der Waals surface area contributed by atoms with E-state index in [9.17, 15) is 0 Å². The molecule has 0 spiro atoms. The first-order valence-electron chi connectivity index (χ1n) is 9.93. The van der Waals surface area contributed by atoms with Gasteiger partial charge < -0.3 is 10.6 Å². The molecule has 28 heavy (non-hydrogen) atoms. The molecule has 1 saturated heterocycles. The molecule has 1 unspecified atom stereocenters. The van der Waals surface area contributed by atoms with E-state index in [1.165, 1.54) is 5.56 Å². The number of hydrogen-bond acceptors (Lipinski definition) is 4. The summed E-state index contributed by atoms with van der Waals surface area (Å²) in [5.74, 6) is 1.40. The van der Waals surface area contributed by atoms with Gasteiger partial charge in [-0.2, -0.15) is 11.3 Å². The maximum Gasteiger partial charge on any atom is 0.191 e.